The van der Waals surface area contributed by atoms with Gasteiger partial charge in [0.15, 0.2) is 0 Å². The summed E-state index contributed by atoms with van der Waals surface area (Å²) in [5, 5.41) is 0. The van der Waals surface area contributed by atoms with Gasteiger partial charge in [-0.25, -0.2) is 0 Å². The average Bonchev–Trinajstić information content (AvgIpc) is 2.69. The second-order valence-electron chi connectivity index (χ2n) is 8.08. The first-order chi connectivity index (χ1) is 13.2. The van der Waals surface area contributed by atoms with Crippen molar-refractivity contribution in [2.45, 2.75) is 27.2 Å². The molecule has 1 aliphatic carbocycles. The Balaban J connectivity index is 2.65. The number of methoxy groups -OCH3 is 2. The molecule has 0 saturated heterocycles. The lowest BCUT2D eigenvalue weighted by Gasteiger charge is -2.34. The van der Waals surface area contributed by atoms with Gasteiger partial charge in [0.1, 0.15) is 6.29 Å². The lowest BCUT2D eigenvalue weighted by atomic mass is 9.70. The summed E-state index contributed by atoms with van der Waals surface area (Å²) in [4.78, 5) is 36.3. The highest BCUT2D eigenvalue weighted by atomic mass is 16.5. The first-order valence-corrected chi connectivity index (χ1v) is 9.32. The van der Waals surface area contributed by atoms with Crippen molar-refractivity contribution >= 4 is 23.8 Å². The van der Waals surface area contributed by atoms with Crippen molar-refractivity contribution in [3.63, 3.8) is 0 Å². The van der Waals surface area contributed by atoms with Crippen LogP contribution in [0.2, 0.25) is 0 Å². The monoisotopic (exact) mass is 384 g/mol. The van der Waals surface area contributed by atoms with E-state index >= 15 is 0 Å². The number of carbonyl (C=O) groups excluding carboxylic acids is 3. The van der Waals surface area contributed by atoms with Gasteiger partial charge in [-0.1, -0.05) is 57.2 Å². The average molecular weight is 384 g/mol. The summed E-state index contributed by atoms with van der Waals surface area (Å²) in [7, 11) is 2.65. The second-order valence-corrected chi connectivity index (χ2v) is 8.08. The molecule has 28 heavy (non-hydrogen) atoms. The molecule has 0 radical (unpaired) electrons. The van der Waals surface area contributed by atoms with Crippen LogP contribution in [-0.2, 0) is 19.1 Å². The van der Waals surface area contributed by atoms with Gasteiger partial charge < -0.3 is 9.47 Å². The van der Waals surface area contributed by atoms with Crippen molar-refractivity contribution in [2.75, 3.05) is 14.2 Å². The number of aldehydes is 1. The summed E-state index contributed by atoms with van der Waals surface area (Å²) in [6, 6.07) is 7.26. The Labute approximate surface area is 166 Å². The highest BCUT2D eigenvalue weighted by Gasteiger charge is 2.43. The van der Waals surface area contributed by atoms with Crippen LogP contribution in [0.3, 0.4) is 0 Å². The number of rotatable bonds is 5. The Bertz CT molecular complexity index is 797. The van der Waals surface area contributed by atoms with Gasteiger partial charge in [0.2, 0.25) is 0 Å². The van der Waals surface area contributed by atoms with Gasteiger partial charge in [-0.3, -0.25) is 14.4 Å². The van der Waals surface area contributed by atoms with Crippen LogP contribution >= 0.6 is 0 Å². The molecule has 0 N–H and O–H groups in total. The third kappa shape index (κ3) is 4.97. The van der Waals surface area contributed by atoms with Crippen LogP contribution in [0.1, 0.15) is 43.1 Å². The van der Waals surface area contributed by atoms with E-state index < -0.39 is 23.8 Å². The summed E-state index contributed by atoms with van der Waals surface area (Å²) in [5.41, 5.74) is 2.10. The summed E-state index contributed by atoms with van der Waals surface area (Å²) in [5.74, 6) is -2.56. The number of esters is 2. The molecule has 0 saturated carbocycles. The van der Waals surface area contributed by atoms with Crippen molar-refractivity contribution < 1.29 is 23.9 Å². The molecule has 0 spiro atoms. The molecule has 0 fully saturated rings. The summed E-state index contributed by atoms with van der Waals surface area (Å²) < 4.78 is 9.98. The van der Waals surface area contributed by atoms with Crippen LogP contribution in [0.25, 0.3) is 5.57 Å². The topological polar surface area (TPSA) is 69.7 Å². The number of carbonyl (C=O) groups is 3. The number of benzene rings is 1. The molecule has 1 aliphatic rings. The molecular formula is C23H28O5. The Hall–Kier alpha value is -2.69. The predicted molar refractivity (Wildman–Crippen MR) is 108 cm³/mol. The van der Waals surface area contributed by atoms with Gasteiger partial charge in [0.25, 0.3) is 0 Å². The normalized spacial score (nSPS) is 22.5. The molecular weight excluding hydrogens is 356 g/mol. The van der Waals surface area contributed by atoms with Crippen molar-refractivity contribution in [1.82, 2.24) is 0 Å². The van der Waals surface area contributed by atoms with Crippen LogP contribution < -0.4 is 0 Å². The molecule has 150 valence electrons. The van der Waals surface area contributed by atoms with Crippen LogP contribution in [-0.4, -0.2) is 32.4 Å². The Morgan fingerprint density at radius 1 is 1.11 bits per heavy atom. The van der Waals surface area contributed by atoms with Gasteiger partial charge in [-0.15, -0.1) is 0 Å². The van der Waals surface area contributed by atoms with Gasteiger partial charge in [0, 0.05) is 11.5 Å². The van der Waals surface area contributed by atoms with E-state index in [1.807, 2.05) is 24.3 Å². The zero-order valence-electron chi connectivity index (χ0n) is 17.1. The zero-order valence-corrected chi connectivity index (χ0v) is 17.1. The minimum Gasteiger partial charge on any atom is -0.469 e. The Morgan fingerprint density at radius 2 is 1.79 bits per heavy atom. The molecule has 0 aromatic heterocycles. The number of hydrogen-bond donors (Lipinski definition) is 0. The molecule has 2 rings (SSSR count). The predicted octanol–water partition coefficient (Wildman–Crippen LogP) is 4.08. The maximum atomic E-state index is 12.7. The van der Waals surface area contributed by atoms with E-state index in [4.69, 9.17) is 9.47 Å². The largest absolute Gasteiger partial charge is 0.469 e. The van der Waals surface area contributed by atoms with Crippen LogP contribution in [0.4, 0.5) is 0 Å². The van der Waals surface area contributed by atoms with Crippen LogP contribution in [0, 0.1) is 23.2 Å². The fraction of sp³-hybridized carbons (Fsp3) is 0.435. The molecule has 0 bridgehead atoms. The standard InChI is InChI=1S/C23H28O5/c1-23(2,3)13-19(16-9-6-8-15(12-16)14-24)17-10-7-11-18(21(25)27-4)20(17)22(26)28-5/h6-10,12-14,17-18,20H,11H2,1-5H3/b19-13+/t17-,18-,20-/m1/s1. The fourth-order valence-corrected chi connectivity index (χ4v) is 3.66. The Morgan fingerprint density at radius 3 is 2.36 bits per heavy atom. The number of ether oxygens (including phenoxy) is 2. The van der Waals surface area contributed by atoms with E-state index in [2.05, 4.69) is 26.8 Å². The zero-order chi connectivity index (χ0) is 20.9. The van der Waals surface area contributed by atoms with Crippen molar-refractivity contribution in [2.24, 2.45) is 23.2 Å². The summed E-state index contributed by atoms with van der Waals surface area (Å²) >= 11 is 0. The molecule has 1 aromatic carbocycles. The molecule has 5 heteroatoms. The van der Waals surface area contributed by atoms with E-state index in [-0.39, 0.29) is 11.3 Å². The van der Waals surface area contributed by atoms with Crippen molar-refractivity contribution in [3.05, 3.63) is 53.6 Å². The number of hydrogen-bond acceptors (Lipinski definition) is 5. The molecule has 5 nitrogen and oxygen atoms in total. The van der Waals surface area contributed by atoms with Gasteiger partial charge in [-0.2, -0.15) is 0 Å². The lowest BCUT2D eigenvalue weighted by molar-refractivity contribution is -0.158. The van der Waals surface area contributed by atoms with E-state index in [1.165, 1.54) is 14.2 Å². The minimum absolute atomic E-state index is 0.181. The molecule has 0 aliphatic heterocycles. The highest BCUT2D eigenvalue weighted by Crippen LogP contribution is 2.42. The molecule has 0 amide bonds. The fourth-order valence-electron chi connectivity index (χ4n) is 3.66. The highest BCUT2D eigenvalue weighted by molar-refractivity contribution is 5.87. The third-order valence-electron chi connectivity index (χ3n) is 4.83. The Kier molecular flexibility index (Phi) is 6.95. The summed E-state index contributed by atoms with van der Waals surface area (Å²) in [6.45, 7) is 6.19. The first kappa shape index (κ1) is 21.6. The SMILES string of the molecule is COC(=O)[C@@H]1[C@@H](/C(=C/C(C)(C)C)c2cccc(C=O)c2)C=CC[C@H]1C(=O)OC. The van der Waals surface area contributed by atoms with E-state index in [1.54, 1.807) is 12.1 Å². The smallest absolute Gasteiger partial charge is 0.310 e. The van der Waals surface area contributed by atoms with Gasteiger partial charge in [0.05, 0.1) is 26.1 Å². The maximum Gasteiger partial charge on any atom is 0.310 e. The summed E-state index contributed by atoms with van der Waals surface area (Å²) in [6.07, 6.45) is 7.16. The maximum absolute atomic E-state index is 12.7. The van der Waals surface area contributed by atoms with Crippen molar-refractivity contribution in [3.8, 4) is 0 Å². The van der Waals surface area contributed by atoms with Crippen molar-refractivity contribution in [1.29, 1.82) is 0 Å². The molecule has 0 unspecified atom stereocenters. The van der Waals surface area contributed by atoms with Gasteiger partial charge >= 0.3 is 11.9 Å². The van der Waals surface area contributed by atoms with E-state index in [0.717, 1.165) is 17.4 Å². The van der Waals surface area contributed by atoms with Crippen LogP contribution in [0.5, 0.6) is 0 Å². The molecule has 3 atom stereocenters. The van der Waals surface area contributed by atoms with Gasteiger partial charge in [-0.05, 0) is 29.0 Å². The van der Waals surface area contributed by atoms with E-state index in [9.17, 15) is 14.4 Å². The molecule has 1 aromatic rings. The number of allylic oxidation sites excluding steroid dienone is 4. The molecule has 0 heterocycles. The second kappa shape index (κ2) is 9.00. The minimum atomic E-state index is -0.698. The van der Waals surface area contributed by atoms with E-state index in [0.29, 0.717) is 12.0 Å². The first-order valence-electron chi connectivity index (χ1n) is 9.32. The lowest BCUT2D eigenvalue weighted by Crippen LogP contribution is -2.38. The quantitative estimate of drug-likeness (QED) is 0.435. The third-order valence-corrected chi connectivity index (χ3v) is 4.83. The van der Waals surface area contributed by atoms with Crippen LogP contribution in [0.15, 0.2) is 42.5 Å².